The number of ether oxygens (including phenoxy) is 1. The van der Waals surface area contributed by atoms with E-state index in [4.69, 9.17) is 10.5 Å². The standard InChI is InChI=1S/C20H25N7O3/c21-18(28)16-6-3-10-27(16)19-23-8-7-17(25-19)26-20(29)24-14-5-2-1-4-13(14)15-12-30-11-9-22-15/h1-2,4-5,7-8,15-16,22H,3,6,9-12H2,(H2,21,28)(H2,23,24,25,26,29). The van der Waals surface area contributed by atoms with Crippen molar-refractivity contribution in [2.45, 2.75) is 24.9 Å². The van der Waals surface area contributed by atoms with E-state index in [0.717, 1.165) is 18.5 Å². The lowest BCUT2D eigenvalue weighted by Crippen LogP contribution is -2.41. The highest BCUT2D eigenvalue weighted by atomic mass is 16.5. The van der Waals surface area contributed by atoms with E-state index < -0.39 is 18.0 Å². The van der Waals surface area contributed by atoms with Crippen LogP contribution in [0.4, 0.5) is 22.2 Å². The van der Waals surface area contributed by atoms with Gasteiger partial charge in [0.15, 0.2) is 0 Å². The number of anilines is 3. The lowest BCUT2D eigenvalue weighted by molar-refractivity contribution is -0.119. The fourth-order valence-corrected chi connectivity index (χ4v) is 3.81. The lowest BCUT2D eigenvalue weighted by Gasteiger charge is -2.26. The zero-order valence-electron chi connectivity index (χ0n) is 16.5. The van der Waals surface area contributed by atoms with Gasteiger partial charge < -0.3 is 26.0 Å². The number of para-hydroxylation sites is 1. The van der Waals surface area contributed by atoms with Crippen molar-refractivity contribution in [3.63, 3.8) is 0 Å². The molecule has 10 heteroatoms. The Morgan fingerprint density at radius 1 is 1.23 bits per heavy atom. The van der Waals surface area contributed by atoms with Gasteiger partial charge >= 0.3 is 6.03 Å². The predicted octanol–water partition coefficient (Wildman–Crippen LogP) is 1.24. The Morgan fingerprint density at radius 3 is 2.90 bits per heavy atom. The first-order valence-corrected chi connectivity index (χ1v) is 9.99. The third-order valence-electron chi connectivity index (χ3n) is 5.23. The van der Waals surface area contributed by atoms with Crippen LogP contribution in [-0.4, -0.2) is 54.3 Å². The number of amides is 3. The third-order valence-corrected chi connectivity index (χ3v) is 5.23. The van der Waals surface area contributed by atoms with Crippen LogP contribution in [0.25, 0.3) is 0 Å². The molecule has 2 aliphatic heterocycles. The highest BCUT2D eigenvalue weighted by molar-refractivity contribution is 5.99. The van der Waals surface area contributed by atoms with Crippen LogP contribution in [0.2, 0.25) is 0 Å². The van der Waals surface area contributed by atoms with Gasteiger partial charge in [0.05, 0.1) is 19.3 Å². The minimum absolute atomic E-state index is 0.0156. The first-order chi connectivity index (χ1) is 14.6. The third kappa shape index (κ3) is 4.50. The number of carbonyl (C=O) groups excluding carboxylic acids is 2. The summed E-state index contributed by atoms with van der Waals surface area (Å²) in [6.45, 7) is 2.63. The van der Waals surface area contributed by atoms with Crippen LogP contribution in [0.3, 0.4) is 0 Å². The van der Waals surface area contributed by atoms with Gasteiger partial charge in [-0.2, -0.15) is 4.98 Å². The van der Waals surface area contributed by atoms with E-state index in [-0.39, 0.29) is 6.04 Å². The average molecular weight is 411 g/mol. The number of morpholine rings is 1. The molecule has 3 amide bonds. The molecule has 0 aliphatic carbocycles. The Kier molecular flexibility index (Phi) is 6.05. The monoisotopic (exact) mass is 411 g/mol. The number of nitrogens with one attached hydrogen (secondary N) is 3. The molecule has 2 fully saturated rings. The van der Waals surface area contributed by atoms with Gasteiger partial charge in [-0.05, 0) is 30.5 Å². The number of hydrogen-bond donors (Lipinski definition) is 4. The highest BCUT2D eigenvalue weighted by Crippen LogP contribution is 2.25. The SMILES string of the molecule is NC(=O)C1CCCN1c1nccc(NC(=O)Nc2ccccc2C2COCCN2)n1. The number of urea groups is 1. The molecular weight excluding hydrogens is 386 g/mol. The second kappa shape index (κ2) is 9.06. The zero-order valence-corrected chi connectivity index (χ0v) is 16.5. The van der Waals surface area contributed by atoms with E-state index in [1.807, 2.05) is 24.3 Å². The highest BCUT2D eigenvalue weighted by Gasteiger charge is 2.31. The van der Waals surface area contributed by atoms with Crippen LogP contribution in [0.5, 0.6) is 0 Å². The van der Waals surface area contributed by atoms with E-state index in [1.54, 1.807) is 17.2 Å². The minimum Gasteiger partial charge on any atom is -0.378 e. The van der Waals surface area contributed by atoms with Crippen molar-refractivity contribution in [3.8, 4) is 0 Å². The zero-order chi connectivity index (χ0) is 20.9. The number of hydrogen-bond acceptors (Lipinski definition) is 7. The van der Waals surface area contributed by atoms with E-state index in [1.165, 1.54) is 0 Å². The fraction of sp³-hybridized carbons (Fsp3) is 0.400. The molecule has 30 heavy (non-hydrogen) atoms. The second-order valence-electron chi connectivity index (χ2n) is 7.24. The Hall–Kier alpha value is -3.24. The molecule has 2 saturated heterocycles. The van der Waals surface area contributed by atoms with Gasteiger partial charge in [-0.25, -0.2) is 9.78 Å². The summed E-state index contributed by atoms with van der Waals surface area (Å²) in [5.74, 6) is 0.311. The molecule has 4 rings (SSSR count). The van der Waals surface area contributed by atoms with Crippen molar-refractivity contribution in [2.24, 2.45) is 5.73 Å². The molecule has 2 atom stereocenters. The molecule has 10 nitrogen and oxygen atoms in total. The fourth-order valence-electron chi connectivity index (χ4n) is 3.81. The second-order valence-corrected chi connectivity index (χ2v) is 7.24. The van der Waals surface area contributed by atoms with Crippen molar-refractivity contribution in [1.29, 1.82) is 0 Å². The molecule has 2 aliphatic rings. The molecule has 0 radical (unpaired) electrons. The van der Waals surface area contributed by atoms with E-state index in [9.17, 15) is 9.59 Å². The van der Waals surface area contributed by atoms with Crippen LogP contribution in [0, 0.1) is 0 Å². The molecule has 158 valence electrons. The molecule has 1 aromatic carbocycles. The number of primary amides is 1. The molecular formula is C20H25N7O3. The Morgan fingerprint density at radius 2 is 2.10 bits per heavy atom. The maximum Gasteiger partial charge on any atom is 0.324 e. The van der Waals surface area contributed by atoms with Crippen LogP contribution >= 0.6 is 0 Å². The molecule has 0 saturated carbocycles. The number of nitrogens with zero attached hydrogens (tertiary/aromatic N) is 3. The molecule has 2 aromatic rings. The van der Waals surface area contributed by atoms with Crippen molar-refractivity contribution >= 4 is 29.4 Å². The summed E-state index contributed by atoms with van der Waals surface area (Å²) in [6.07, 6.45) is 3.06. The summed E-state index contributed by atoms with van der Waals surface area (Å²) in [5, 5.41) is 9.00. The molecule has 0 spiro atoms. The maximum absolute atomic E-state index is 12.6. The summed E-state index contributed by atoms with van der Waals surface area (Å²) in [6, 6.07) is 8.37. The van der Waals surface area contributed by atoms with Crippen LogP contribution in [0.15, 0.2) is 36.5 Å². The Balaban J connectivity index is 1.45. The van der Waals surface area contributed by atoms with Crippen molar-refractivity contribution in [1.82, 2.24) is 15.3 Å². The Bertz CT molecular complexity index is 917. The van der Waals surface area contributed by atoms with Gasteiger partial charge in [0.1, 0.15) is 11.9 Å². The van der Waals surface area contributed by atoms with E-state index in [0.29, 0.717) is 43.6 Å². The van der Waals surface area contributed by atoms with Crippen molar-refractivity contribution in [2.75, 3.05) is 41.8 Å². The molecule has 3 heterocycles. The van der Waals surface area contributed by atoms with Gasteiger partial charge in [-0.3, -0.25) is 10.1 Å². The number of benzene rings is 1. The molecule has 1 aromatic heterocycles. The van der Waals surface area contributed by atoms with Crippen LogP contribution < -0.4 is 26.6 Å². The average Bonchev–Trinajstić information content (AvgIpc) is 3.25. The first-order valence-electron chi connectivity index (χ1n) is 9.99. The van der Waals surface area contributed by atoms with Crippen molar-refractivity contribution in [3.05, 3.63) is 42.1 Å². The van der Waals surface area contributed by atoms with Crippen LogP contribution in [-0.2, 0) is 9.53 Å². The van der Waals surface area contributed by atoms with E-state index >= 15 is 0 Å². The quantitative estimate of drug-likeness (QED) is 0.581. The maximum atomic E-state index is 12.6. The predicted molar refractivity (Wildman–Crippen MR) is 112 cm³/mol. The normalized spacial score (nSPS) is 21.3. The van der Waals surface area contributed by atoms with Gasteiger partial charge in [0, 0.05) is 25.0 Å². The summed E-state index contributed by atoms with van der Waals surface area (Å²) < 4.78 is 5.53. The van der Waals surface area contributed by atoms with Gasteiger partial charge in [-0.15, -0.1) is 0 Å². The number of aromatic nitrogens is 2. The van der Waals surface area contributed by atoms with Gasteiger partial charge in [0.2, 0.25) is 11.9 Å². The van der Waals surface area contributed by atoms with Gasteiger partial charge in [0.25, 0.3) is 0 Å². The molecule has 2 unspecified atom stereocenters. The summed E-state index contributed by atoms with van der Waals surface area (Å²) in [7, 11) is 0. The number of rotatable bonds is 5. The first kappa shape index (κ1) is 20.0. The van der Waals surface area contributed by atoms with Crippen LogP contribution in [0.1, 0.15) is 24.4 Å². The minimum atomic E-state index is -0.425. The number of carbonyl (C=O) groups is 2. The van der Waals surface area contributed by atoms with Crippen molar-refractivity contribution < 1.29 is 14.3 Å². The summed E-state index contributed by atoms with van der Waals surface area (Å²) in [4.78, 5) is 34.6. The topological polar surface area (TPSA) is 134 Å². The molecule has 5 N–H and O–H groups in total. The summed E-state index contributed by atoms with van der Waals surface area (Å²) in [5.41, 5.74) is 7.13. The Labute approximate surface area is 174 Å². The largest absolute Gasteiger partial charge is 0.378 e. The molecule has 0 bridgehead atoms. The lowest BCUT2D eigenvalue weighted by atomic mass is 10.0. The van der Waals surface area contributed by atoms with E-state index in [2.05, 4.69) is 25.9 Å². The number of nitrogens with two attached hydrogens (primary N) is 1. The summed E-state index contributed by atoms with van der Waals surface area (Å²) >= 11 is 0. The smallest absolute Gasteiger partial charge is 0.324 e. The van der Waals surface area contributed by atoms with Gasteiger partial charge in [-0.1, -0.05) is 18.2 Å².